The quantitative estimate of drug-likeness (QED) is 0.631. The largest absolute Gasteiger partial charge is 0.493 e. The van der Waals surface area contributed by atoms with Crippen molar-refractivity contribution in [1.29, 1.82) is 0 Å². The van der Waals surface area contributed by atoms with E-state index in [1.807, 2.05) is 0 Å². The number of hydrogen-bond acceptors (Lipinski definition) is 5. The highest BCUT2D eigenvalue weighted by Gasteiger charge is 2.20. The van der Waals surface area contributed by atoms with Crippen LogP contribution in [0.5, 0.6) is 11.5 Å². The predicted octanol–water partition coefficient (Wildman–Crippen LogP) is 1.21. The van der Waals surface area contributed by atoms with E-state index in [-0.39, 0.29) is 6.54 Å². The zero-order valence-electron chi connectivity index (χ0n) is 11.4. The van der Waals surface area contributed by atoms with E-state index < -0.39 is 17.3 Å². The van der Waals surface area contributed by atoms with Crippen molar-refractivity contribution in [3.63, 3.8) is 0 Å². The molecule has 20 heavy (non-hydrogen) atoms. The van der Waals surface area contributed by atoms with Crippen LogP contribution in [0.1, 0.15) is 10.4 Å². The summed E-state index contributed by atoms with van der Waals surface area (Å²) in [7, 11) is 4.14. The predicted molar refractivity (Wildman–Crippen MR) is 73.5 cm³/mol. The fourth-order valence-electron chi connectivity index (χ4n) is 1.55. The summed E-state index contributed by atoms with van der Waals surface area (Å²) < 4.78 is 14.7. The molecule has 0 saturated carbocycles. The third-order valence-electron chi connectivity index (χ3n) is 2.55. The van der Waals surface area contributed by atoms with Gasteiger partial charge in [0.05, 0.1) is 26.9 Å². The SMILES string of the molecule is COC(=O)C(Cl)CNC(=O)c1cccc(OC)c1OC. The van der Waals surface area contributed by atoms with E-state index in [2.05, 4.69) is 10.1 Å². The van der Waals surface area contributed by atoms with E-state index in [9.17, 15) is 9.59 Å². The van der Waals surface area contributed by atoms with E-state index in [4.69, 9.17) is 21.1 Å². The zero-order valence-corrected chi connectivity index (χ0v) is 12.2. The Kier molecular flexibility index (Phi) is 6.11. The van der Waals surface area contributed by atoms with Crippen LogP contribution in [-0.4, -0.2) is 45.1 Å². The maximum Gasteiger partial charge on any atom is 0.325 e. The molecule has 0 aliphatic rings. The molecule has 0 radical (unpaired) electrons. The summed E-state index contributed by atoms with van der Waals surface area (Å²) in [5, 5.41) is 1.59. The molecule has 1 N–H and O–H groups in total. The molecule has 1 atom stereocenters. The highest BCUT2D eigenvalue weighted by atomic mass is 35.5. The lowest BCUT2D eigenvalue weighted by molar-refractivity contribution is -0.140. The summed E-state index contributed by atoms with van der Waals surface area (Å²) >= 11 is 5.75. The number of hydrogen-bond donors (Lipinski definition) is 1. The lowest BCUT2D eigenvalue weighted by Crippen LogP contribution is -2.34. The number of methoxy groups -OCH3 is 3. The highest BCUT2D eigenvalue weighted by Crippen LogP contribution is 2.30. The van der Waals surface area contributed by atoms with Gasteiger partial charge in [-0.25, -0.2) is 0 Å². The molecular weight excluding hydrogens is 286 g/mol. The van der Waals surface area contributed by atoms with E-state index in [1.165, 1.54) is 21.3 Å². The lowest BCUT2D eigenvalue weighted by atomic mass is 10.1. The third kappa shape index (κ3) is 3.77. The number of alkyl halides is 1. The first kappa shape index (κ1) is 16.1. The van der Waals surface area contributed by atoms with Crippen LogP contribution < -0.4 is 14.8 Å². The van der Waals surface area contributed by atoms with Crippen LogP contribution in [0.2, 0.25) is 0 Å². The fourth-order valence-corrected chi connectivity index (χ4v) is 1.72. The minimum atomic E-state index is -0.944. The molecule has 0 aliphatic carbocycles. The van der Waals surface area contributed by atoms with Crippen LogP contribution >= 0.6 is 11.6 Å². The molecule has 1 aromatic carbocycles. The molecule has 0 bridgehead atoms. The molecule has 0 fully saturated rings. The van der Waals surface area contributed by atoms with Gasteiger partial charge in [0, 0.05) is 6.54 Å². The number of esters is 1. The van der Waals surface area contributed by atoms with E-state index in [0.29, 0.717) is 17.1 Å². The smallest absolute Gasteiger partial charge is 0.325 e. The third-order valence-corrected chi connectivity index (χ3v) is 2.88. The molecule has 0 aromatic heterocycles. The van der Waals surface area contributed by atoms with Crippen molar-refractivity contribution in [2.45, 2.75) is 5.38 Å². The van der Waals surface area contributed by atoms with Gasteiger partial charge in [-0.05, 0) is 12.1 Å². The second-order valence-electron chi connectivity index (χ2n) is 3.74. The molecule has 110 valence electrons. The average Bonchev–Trinajstić information content (AvgIpc) is 2.50. The molecule has 0 saturated heterocycles. The van der Waals surface area contributed by atoms with Crippen molar-refractivity contribution in [3.05, 3.63) is 23.8 Å². The number of ether oxygens (including phenoxy) is 3. The van der Waals surface area contributed by atoms with Crippen molar-refractivity contribution in [3.8, 4) is 11.5 Å². The van der Waals surface area contributed by atoms with Gasteiger partial charge in [0.25, 0.3) is 5.91 Å². The summed E-state index contributed by atoms with van der Waals surface area (Å²) in [4.78, 5) is 23.2. The van der Waals surface area contributed by atoms with Crippen LogP contribution in [-0.2, 0) is 9.53 Å². The van der Waals surface area contributed by atoms with Crippen LogP contribution in [0.15, 0.2) is 18.2 Å². The van der Waals surface area contributed by atoms with Gasteiger partial charge in [-0.15, -0.1) is 11.6 Å². The topological polar surface area (TPSA) is 73.9 Å². The average molecular weight is 302 g/mol. The lowest BCUT2D eigenvalue weighted by Gasteiger charge is -2.13. The first-order valence-corrected chi connectivity index (χ1v) is 6.19. The minimum Gasteiger partial charge on any atom is -0.493 e. The summed E-state index contributed by atoms with van der Waals surface area (Å²) in [5.74, 6) is -0.271. The van der Waals surface area contributed by atoms with Crippen LogP contribution in [0.3, 0.4) is 0 Å². The maximum atomic E-state index is 12.1. The summed E-state index contributed by atoms with van der Waals surface area (Å²) in [6, 6.07) is 4.92. The second-order valence-corrected chi connectivity index (χ2v) is 4.27. The Labute approximate surface area is 122 Å². The van der Waals surface area contributed by atoms with Gasteiger partial charge < -0.3 is 19.5 Å². The van der Waals surface area contributed by atoms with Crippen molar-refractivity contribution < 1.29 is 23.8 Å². The molecule has 1 amide bonds. The van der Waals surface area contributed by atoms with E-state index >= 15 is 0 Å². The zero-order chi connectivity index (χ0) is 15.1. The maximum absolute atomic E-state index is 12.1. The minimum absolute atomic E-state index is 0.0482. The van der Waals surface area contributed by atoms with Gasteiger partial charge >= 0.3 is 5.97 Å². The number of carbonyl (C=O) groups excluding carboxylic acids is 2. The van der Waals surface area contributed by atoms with Gasteiger partial charge in [-0.3, -0.25) is 9.59 Å². The van der Waals surface area contributed by atoms with Crippen molar-refractivity contribution in [1.82, 2.24) is 5.32 Å². The molecule has 0 spiro atoms. The molecule has 1 rings (SSSR count). The standard InChI is InChI=1S/C13H16ClNO5/c1-18-10-6-4-5-8(11(10)19-2)12(16)15-7-9(14)13(17)20-3/h4-6,9H,7H2,1-3H3,(H,15,16). The Morgan fingerprint density at radius 1 is 1.25 bits per heavy atom. The summed E-state index contributed by atoms with van der Waals surface area (Å²) in [6.45, 7) is -0.0482. The summed E-state index contributed by atoms with van der Waals surface area (Å²) in [5.41, 5.74) is 0.292. The van der Waals surface area contributed by atoms with E-state index in [1.54, 1.807) is 18.2 Å². The fraction of sp³-hybridized carbons (Fsp3) is 0.385. The molecular formula is C13H16ClNO5. The Balaban J connectivity index is 2.80. The second kappa shape index (κ2) is 7.59. The normalized spacial score (nSPS) is 11.4. The van der Waals surface area contributed by atoms with Gasteiger partial charge in [-0.2, -0.15) is 0 Å². The number of nitrogens with one attached hydrogen (secondary N) is 1. The molecule has 7 heteroatoms. The first-order valence-electron chi connectivity index (χ1n) is 5.76. The Hall–Kier alpha value is -1.95. The van der Waals surface area contributed by atoms with Gasteiger partial charge in [0.2, 0.25) is 0 Å². The summed E-state index contributed by atoms with van der Waals surface area (Å²) in [6.07, 6.45) is 0. The number of amides is 1. The van der Waals surface area contributed by atoms with Crippen LogP contribution in [0.4, 0.5) is 0 Å². The van der Waals surface area contributed by atoms with Crippen LogP contribution in [0, 0.1) is 0 Å². The van der Waals surface area contributed by atoms with Gasteiger partial charge in [0.15, 0.2) is 11.5 Å². The van der Waals surface area contributed by atoms with Gasteiger partial charge in [0.1, 0.15) is 5.38 Å². The number of halogens is 1. The van der Waals surface area contributed by atoms with E-state index in [0.717, 1.165) is 0 Å². The monoisotopic (exact) mass is 301 g/mol. The van der Waals surface area contributed by atoms with Crippen molar-refractivity contribution in [2.24, 2.45) is 0 Å². The molecule has 1 aromatic rings. The molecule has 1 unspecified atom stereocenters. The number of para-hydroxylation sites is 1. The number of carbonyl (C=O) groups is 2. The van der Waals surface area contributed by atoms with Crippen LogP contribution in [0.25, 0.3) is 0 Å². The van der Waals surface area contributed by atoms with Gasteiger partial charge in [-0.1, -0.05) is 6.07 Å². The Morgan fingerprint density at radius 3 is 2.50 bits per heavy atom. The Bertz CT molecular complexity index is 492. The number of benzene rings is 1. The molecule has 6 nitrogen and oxygen atoms in total. The number of rotatable bonds is 6. The van der Waals surface area contributed by atoms with Crippen molar-refractivity contribution in [2.75, 3.05) is 27.9 Å². The first-order chi connectivity index (χ1) is 9.54. The molecule has 0 aliphatic heterocycles. The Morgan fingerprint density at radius 2 is 1.95 bits per heavy atom. The van der Waals surface area contributed by atoms with Crippen molar-refractivity contribution >= 4 is 23.5 Å². The highest BCUT2D eigenvalue weighted by molar-refractivity contribution is 6.30. The molecule has 0 heterocycles.